The fraction of sp³-hybridized carbons (Fsp3) is 0.273. The predicted molar refractivity (Wildman–Crippen MR) is 120 cm³/mol. The van der Waals surface area contributed by atoms with Gasteiger partial charge in [0.1, 0.15) is 5.01 Å². The molecule has 0 aliphatic heterocycles. The third-order valence-electron chi connectivity index (χ3n) is 4.54. The lowest BCUT2D eigenvalue weighted by Gasteiger charge is -2.17. The number of nitrogens with zero attached hydrogens (tertiary/aromatic N) is 1. The Morgan fingerprint density at radius 1 is 1.14 bits per heavy atom. The molecule has 3 rings (SSSR count). The molecule has 3 aromatic rings. The molecule has 0 saturated carbocycles. The van der Waals surface area contributed by atoms with Crippen LogP contribution in [-0.4, -0.2) is 25.1 Å². The van der Waals surface area contributed by atoms with Crippen molar-refractivity contribution in [2.45, 2.75) is 25.8 Å². The number of hydrogen-bond donors (Lipinski definition) is 1. The monoisotopic (exact) mass is 474 g/mol. The van der Waals surface area contributed by atoms with E-state index in [1.165, 1.54) is 11.3 Å². The lowest BCUT2D eigenvalue weighted by molar-refractivity contribution is -0.121. The Morgan fingerprint density at radius 2 is 1.86 bits per heavy atom. The molecule has 0 spiro atoms. The Balaban J connectivity index is 1.67. The maximum absolute atomic E-state index is 12.6. The average Bonchev–Trinajstić information content (AvgIpc) is 3.20. The molecule has 0 aliphatic rings. The van der Waals surface area contributed by atoms with Gasteiger partial charge >= 0.3 is 0 Å². The van der Waals surface area contributed by atoms with Crippen LogP contribution in [0.25, 0.3) is 10.6 Å². The maximum atomic E-state index is 12.6. The van der Waals surface area contributed by atoms with E-state index in [0.717, 1.165) is 32.7 Å². The molecule has 5 nitrogen and oxygen atoms in total. The molecule has 152 valence electrons. The minimum atomic E-state index is -0.0380. The number of hydrogen-bond acceptors (Lipinski definition) is 5. The van der Waals surface area contributed by atoms with E-state index in [0.29, 0.717) is 11.5 Å². The molecule has 1 unspecified atom stereocenters. The topological polar surface area (TPSA) is 60.5 Å². The second-order valence-corrected chi connectivity index (χ2v) is 8.24. The molecule has 1 aromatic heterocycles. The molecule has 2 aromatic carbocycles. The average molecular weight is 475 g/mol. The summed E-state index contributed by atoms with van der Waals surface area (Å²) in [6.45, 7) is 2.06. The van der Waals surface area contributed by atoms with Gasteiger partial charge in [0.25, 0.3) is 0 Å². The Labute approximate surface area is 183 Å². The number of aromatic nitrogens is 1. The number of benzene rings is 2. The van der Waals surface area contributed by atoms with E-state index < -0.39 is 0 Å². The van der Waals surface area contributed by atoms with E-state index in [-0.39, 0.29) is 18.4 Å². The normalized spacial score (nSPS) is 11.7. The number of halogens is 1. The molecule has 0 aliphatic carbocycles. The predicted octanol–water partition coefficient (Wildman–Crippen LogP) is 5.40. The van der Waals surface area contributed by atoms with Crippen molar-refractivity contribution in [1.82, 2.24) is 10.3 Å². The van der Waals surface area contributed by atoms with Crippen LogP contribution in [0.3, 0.4) is 0 Å². The minimum Gasteiger partial charge on any atom is -0.493 e. The summed E-state index contributed by atoms with van der Waals surface area (Å²) in [5.41, 5.74) is 2.77. The van der Waals surface area contributed by atoms with E-state index in [9.17, 15) is 4.79 Å². The molecule has 0 radical (unpaired) electrons. The fourth-order valence-electron chi connectivity index (χ4n) is 3.02. The summed E-state index contributed by atoms with van der Waals surface area (Å²) in [5, 5.41) is 5.87. The first-order valence-electron chi connectivity index (χ1n) is 9.25. The summed E-state index contributed by atoms with van der Waals surface area (Å²) in [4.78, 5) is 17.2. The number of nitrogens with one attached hydrogen (secondary N) is 1. The Kier molecular flexibility index (Phi) is 7.28. The lowest BCUT2D eigenvalue weighted by atomic mass is 10.0. The molecular formula is C22H23BrN2O3S. The molecule has 7 heteroatoms. The molecule has 0 fully saturated rings. The second-order valence-electron chi connectivity index (χ2n) is 6.47. The SMILES string of the molecule is CCC(NC(=O)Cc1csc(-c2ccc(OC)c(OC)c2)n1)c1ccc(Br)cc1. The Hall–Kier alpha value is -2.38. The first kappa shape index (κ1) is 21.3. The van der Waals surface area contributed by atoms with Gasteiger partial charge in [-0.05, 0) is 42.3 Å². The fourth-order valence-corrected chi connectivity index (χ4v) is 4.10. The zero-order chi connectivity index (χ0) is 20.8. The third kappa shape index (κ3) is 5.36. The summed E-state index contributed by atoms with van der Waals surface area (Å²) < 4.78 is 11.7. The standard InChI is InChI=1S/C22H23BrN2O3S/c1-4-18(14-5-8-16(23)9-6-14)25-21(26)12-17-13-29-22(24-17)15-7-10-19(27-2)20(11-15)28-3/h5-11,13,18H,4,12H2,1-3H3,(H,25,26). The highest BCUT2D eigenvalue weighted by Gasteiger charge is 2.15. The molecule has 1 amide bonds. The van der Waals surface area contributed by atoms with Crippen molar-refractivity contribution < 1.29 is 14.3 Å². The number of rotatable bonds is 8. The molecule has 0 saturated heterocycles. The van der Waals surface area contributed by atoms with Gasteiger partial charge in [-0.1, -0.05) is 35.0 Å². The molecule has 1 atom stereocenters. The van der Waals surface area contributed by atoms with Crippen LogP contribution in [0.5, 0.6) is 11.5 Å². The third-order valence-corrected chi connectivity index (χ3v) is 6.01. The van der Waals surface area contributed by atoms with Gasteiger partial charge in [-0.25, -0.2) is 4.98 Å². The summed E-state index contributed by atoms with van der Waals surface area (Å²) in [7, 11) is 3.21. The highest BCUT2D eigenvalue weighted by atomic mass is 79.9. The minimum absolute atomic E-state index is 0.0143. The summed E-state index contributed by atoms with van der Waals surface area (Å²) in [6.07, 6.45) is 1.07. The van der Waals surface area contributed by atoms with Crippen molar-refractivity contribution in [3.63, 3.8) is 0 Å². The Morgan fingerprint density at radius 3 is 2.52 bits per heavy atom. The van der Waals surface area contributed by atoms with Crippen LogP contribution in [0.2, 0.25) is 0 Å². The van der Waals surface area contributed by atoms with E-state index in [2.05, 4.69) is 33.2 Å². The van der Waals surface area contributed by atoms with Gasteiger partial charge in [0.05, 0.1) is 32.4 Å². The summed E-state index contributed by atoms with van der Waals surface area (Å²) >= 11 is 4.95. The van der Waals surface area contributed by atoms with Gasteiger partial charge in [0, 0.05) is 15.4 Å². The quantitative estimate of drug-likeness (QED) is 0.474. The highest BCUT2D eigenvalue weighted by Crippen LogP contribution is 2.33. The van der Waals surface area contributed by atoms with Crippen LogP contribution in [0.4, 0.5) is 0 Å². The van der Waals surface area contributed by atoms with Gasteiger partial charge in [0.15, 0.2) is 11.5 Å². The smallest absolute Gasteiger partial charge is 0.226 e. The largest absolute Gasteiger partial charge is 0.493 e. The number of carbonyl (C=O) groups is 1. The summed E-state index contributed by atoms with van der Waals surface area (Å²) in [6, 6.07) is 13.7. The van der Waals surface area contributed by atoms with Crippen LogP contribution in [0.1, 0.15) is 30.6 Å². The van der Waals surface area contributed by atoms with E-state index in [1.807, 2.05) is 47.8 Å². The first-order valence-corrected chi connectivity index (χ1v) is 10.9. The zero-order valence-corrected chi connectivity index (χ0v) is 19.0. The van der Waals surface area contributed by atoms with Crippen molar-refractivity contribution in [2.24, 2.45) is 0 Å². The first-order chi connectivity index (χ1) is 14.0. The second kappa shape index (κ2) is 9.89. The van der Waals surface area contributed by atoms with Crippen LogP contribution in [0.15, 0.2) is 52.3 Å². The van der Waals surface area contributed by atoms with E-state index in [1.54, 1.807) is 14.2 Å². The van der Waals surface area contributed by atoms with Crippen molar-refractivity contribution >= 4 is 33.2 Å². The molecule has 29 heavy (non-hydrogen) atoms. The van der Waals surface area contributed by atoms with Crippen LogP contribution in [0, 0.1) is 0 Å². The van der Waals surface area contributed by atoms with Crippen LogP contribution >= 0.6 is 27.3 Å². The van der Waals surface area contributed by atoms with E-state index >= 15 is 0 Å². The molecule has 1 heterocycles. The van der Waals surface area contributed by atoms with Crippen LogP contribution < -0.4 is 14.8 Å². The van der Waals surface area contributed by atoms with Gasteiger partial charge in [-0.3, -0.25) is 4.79 Å². The number of ether oxygens (including phenoxy) is 2. The number of methoxy groups -OCH3 is 2. The molecule has 0 bridgehead atoms. The van der Waals surface area contributed by atoms with Crippen molar-refractivity contribution in [2.75, 3.05) is 14.2 Å². The van der Waals surface area contributed by atoms with Crippen LogP contribution in [-0.2, 0) is 11.2 Å². The Bertz CT molecular complexity index is 972. The number of amides is 1. The van der Waals surface area contributed by atoms with Gasteiger partial charge < -0.3 is 14.8 Å². The number of carbonyl (C=O) groups excluding carboxylic acids is 1. The van der Waals surface area contributed by atoms with Gasteiger partial charge in [-0.15, -0.1) is 11.3 Å². The number of thiazole rings is 1. The molecule has 1 N–H and O–H groups in total. The van der Waals surface area contributed by atoms with Crippen molar-refractivity contribution in [3.8, 4) is 22.1 Å². The van der Waals surface area contributed by atoms with Crippen molar-refractivity contribution in [1.29, 1.82) is 0 Å². The van der Waals surface area contributed by atoms with Gasteiger partial charge in [0.2, 0.25) is 5.91 Å². The maximum Gasteiger partial charge on any atom is 0.226 e. The van der Waals surface area contributed by atoms with E-state index in [4.69, 9.17) is 9.47 Å². The lowest BCUT2D eigenvalue weighted by Crippen LogP contribution is -2.29. The van der Waals surface area contributed by atoms with Gasteiger partial charge in [-0.2, -0.15) is 0 Å². The van der Waals surface area contributed by atoms with Crippen molar-refractivity contribution in [3.05, 3.63) is 63.6 Å². The summed E-state index contributed by atoms with van der Waals surface area (Å²) in [5.74, 6) is 1.29. The highest BCUT2D eigenvalue weighted by molar-refractivity contribution is 9.10. The zero-order valence-electron chi connectivity index (χ0n) is 16.6. The molecular weight excluding hydrogens is 452 g/mol.